The van der Waals surface area contributed by atoms with Crippen LogP contribution in [0.25, 0.3) is 0 Å². The van der Waals surface area contributed by atoms with Gasteiger partial charge in [-0.25, -0.2) is 4.79 Å². The Morgan fingerprint density at radius 3 is 2.10 bits per heavy atom. The van der Waals surface area contributed by atoms with Crippen molar-refractivity contribution in [2.24, 2.45) is 0 Å². The molecule has 5 nitrogen and oxygen atoms in total. The van der Waals surface area contributed by atoms with Crippen LogP contribution in [0.4, 0.5) is 0 Å². The number of hydrogen-bond acceptors (Lipinski definition) is 4. The topological polar surface area (TPSA) is 72.8 Å². The summed E-state index contributed by atoms with van der Waals surface area (Å²) >= 11 is 5.60. The summed E-state index contributed by atoms with van der Waals surface area (Å²) in [5.74, 6) is 0.378. The first kappa shape index (κ1) is 23.0. The Morgan fingerprint density at radius 2 is 1.53 bits per heavy atom. The molecule has 0 aliphatic heterocycles. The highest BCUT2D eigenvalue weighted by atomic mass is 35.5. The van der Waals surface area contributed by atoms with E-state index in [0.29, 0.717) is 16.3 Å². The van der Waals surface area contributed by atoms with Crippen molar-refractivity contribution in [3.05, 3.63) is 94.0 Å². The van der Waals surface area contributed by atoms with Crippen LogP contribution < -0.4 is 9.47 Å². The number of carbonyl (C=O) groups is 2. The largest absolute Gasteiger partial charge is 0.496 e. The summed E-state index contributed by atoms with van der Waals surface area (Å²) in [7, 11) is 1.64. The highest BCUT2D eigenvalue weighted by Gasteiger charge is 2.14. The molecule has 0 aliphatic carbocycles. The Kier molecular flexibility index (Phi) is 8.44. The van der Waals surface area contributed by atoms with Crippen molar-refractivity contribution >= 4 is 23.4 Å². The van der Waals surface area contributed by atoms with Crippen LogP contribution >= 0.6 is 11.6 Å². The second kappa shape index (κ2) is 11.0. The number of carboxylic acids is 1. The number of ketones is 1. The smallest absolute Gasteiger partial charge is 0.341 e. The highest BCUT2D eigenvalue weighted by molar-refractivity contribution is 6.30. The molecule has 1 N–H and O–H groups in total. The number of halogens is 1. The first-order valence-electron chi connectivity index (χ1n) is 9.17. The van der Waals surface area contributed by atoms with Crippen LogP contribution in [0, 0.1) is 13.8 Å². The Balaban J connectivity index is 0.000000232. The second-order valence-electron chi connectivity index (χ2n) is 6.40. The van der Waals surface area contributed by atoms with Gasteiger partial charge >= 0.3 is 5.97 Å². The third kappa shape index (κ3) is 6.36. The summed E-state index contributed by atoms with van der Waals surface area (Å²) in [5, 5.41) is 8.87. The lowest BCUT2D eigenvalue weighted by Gasteiger charge is -2.11. The molecule has 6 heteroatoms. The van der Waals surface area contributed by atoms with Gasteiger partial charge < -0.3 is 14.6 Å². The highest BCUT2D eigenvalue weighted by Crippen LogP contribution is 2.25. The molecule has 3 aromatic carbocycles. The van der Waals surface area contributed by atoms with Gasteiger partial charge in [-0.2, -0.15) is 0 Å². The van der Waals surface area contributed by atoms with Gasteiger partial charge in [0.1, 0.15) is 11.5 Å². The van der Waals surface area contributed by atoms with Gasteiger partial charge in [-0.05, 0) is 61.4 Å². The third-order valence-corrected chi connectivity index (χ3v) is 4.67. The zero-order chi connectivity index (χ0) is 22.1. The van der Waals surface area contributed by atoms with Crippen LogP contribution in [0.15, 0.2) is 66.7 Å². The lowest BCUT2D eigenvalue weighted by Crippen LogP contribution is -2.09. The predicted octanol–water partition coefficient (Wildman–Crippen LogP) is 5.35. The van der Waals surface area contributed by atoms with Gasteiger partial charge in [-0.15, -0.1) is 0 Å². The van der Waals surface area contributed by atoms with E-state index in [9.17, 15) is 9.59 Å². The molecule has 156 valence electrons. The Labute approximate surface area is 180 Å². The molecule has 0 spiro atoms. The van der Waals surface area contributed by atoms with Crippen molar-refractivity contribution in [3.8, 4) is 11.5 Å². The van der Waals surface area contributed by atoms with Crippen molar-refractivity contribution < 1.29 is 24.2 Å². The number of hydrogen-bond donors (Lipinski definition) is 1. The summed E-state index contributed by atoms with van der Waals surface area (Å²) in [4.78, 5) is 22.5. The molecule has 0 fully saturated rings. The molecule has 0 saturated heterocycles. The van der Waals surface area contributed by atoms with E-state index in [2.05, 4.69) is 0 Å². The van der Waals surface area contributed by atoms with Gasteiger partial charge in [0.05, 0.1) is 7.11 Å². The Bertz CT molecular complexity index is 998. The first-order chi connectivity index (χ1) is 14.3. The molecule has 0 unspecified atom stereocenters. The summed E-state index contributed by atoms with van der Waals surface area (Å²) in [6.07, 6.45) is 0. The summed E-state index contributed by atoms with van der Waals surface area (Å²) in [5.41, 5.74) is 3.44. The van der Waals surface area contributed by atoms with Crippen molar-refractivity contribution in [2.75, 3.05) is 13.7 Å². The molecule has 0 amide bonds. The van der Waals surface area contributed by atoms with Gasteiger partial charge in [-0.1, -0.05) is 41.9 Å². The molecule has 0 heterocycles. The molecule has 3 rings (SSSR count). The molecule has 0 aliphatic rings. The number of ether oxygens (including phenoxy) is 2. The lowest BCUT2D eigenvalue weighted by molar-refractivity contribution is -0.139. The second-order valence-corrected chi connectivity index (χ2v) is 6.83. The van der Waals surface area contributed by atoms with Crippen LogP contribution in [-0.2, 0) is 4.79 Å². The van der Waals surface area contributed by atoms with Crippen LogP contribution in [0.3, 0.4) is 0 Å². The molecule has 0 saturated carbocycles. The van der Waals surface area contributed by atoms with E-state index in [0.717, 1.165) is 22.4 Å². The first-order valence-corrected chi connectivity index (χ1v) is 9.55. The predicted molar refractivity (Wildman–Crippen MR) is 117 cm³/mol. The molecular formula is C24H23ClO5. The molecule has 0 bridgehead atoms. The lowest BCUT2D eigenvalue weighted by atomic mass is 9.95. The normalized spacial score (nSPS) is 9.87. The fourth-order valence-corrected chi connectivity index (χ4v) is 2.81. The van der Waals surface area contributed by atoms with Crippen LogP contribution in [-0.4, -0.2) is 30.6 Å². The molecular weight excluding hydrogens is 404 g/mol. The molecule has 0 aromatic heterocycles. The van der Waals surface area contributed by atoms with Gasteiger partial charge in [0, 0.05) is 16.1 Å². The third-order valence-electron chi connectivity index (χ3n) is 4.41. The minimum atomic E-state index is -0.995. The SMILES string of the molecule is COc1ccc(C(=O)c2ccccc2)c(C)c1C.O=C(O)COc1ccc(Cl)cc1. The van der Waals surface area contributed by atoms with Crippen molar-refractivity contribution in [1.82, 2.24) is 0 Å². The minimum Gasteiger partial charge on any atom is -0.496 e. The maximum absolute atomic E-state index is 12.4. The van der Waals surface area contributed by atoms with E-state index in [1.165, 1.54) is 0 Å². The van der Waals surface area contributed by atoms with E-state index in [4.69, 9.17) is 26.2 Å². The quantitative estimate of drug-likeness (QED) is 0.538. The van der Waals surface area contributed by atoms with E-state index in [-0.39, 0.29) is 12.4 Å². The summed E-state index contributed by atoms with van der Waals surface area (Å²) < 4.78 is 10.1. The van der Waals surface area contributed by atoms with E-state index >= 15 is 0 Å². The zero-order valence-corrected chi connectivity index (χ0v) is 17.8. The Hall–Kier alpha value is -3.31. The number of benzene rings is 3. The monoisotopic (exact) mass is 426 g/mol. The average molecular weight is 427 g/mol. The van der Waals surface area contributed by atoms with Gasteiger partial charge in [0.2, 0.25) is 0 Å². The van der Waals surface area contributed by atoms with Crippen molar-refractivity contribution in [1.29, 1.82) is 0 Å². The van der Waals surface area contributed by atoms with Crippen molar-refractivity contribution in [3.63, 3.8) is 0 Å². The van der Waals surface area contributed by atoms with Crippen LogP contribution in [0.5, 0.6) is 11.5 Å². The molecule has 3 aromatic rings. The molecule has 0 atom stereocenters. The van der Waals surface area contributed by atoms with E-state index in [1.807, 2.05) is 56.3 Å². The van der Waals surface area contributed by atoms with E-state index < -0.39 is 5.97 Å². The summed E-state index contributed by atoms with van der Waals surface area (Å²) in [6, 6.07) is 19.5. The zero-order valence-electron chi connectivity index (χ0n) is 17.0. The fraction of sp³-hybridized carbons (Fsp3) is 0.167. The van der Waals surface area contributed by atoms with Crippen molar-refractivity contribution in [2.45, 2.75) is 13.8 Å². The summed E-state index contributed by atoms with van der Waals surface area (Å²) in [6.45, 7) is 3.59. The number of methoxy groups -OCH3 is 1. The number of carboxylic acid groups (broad SMARTS) is 1. The van der Waals surface area contributed by atoms with Crippen LogP contribution in [0.1, 0.15) is 27.0 Å². The minimum absolute atomic E-state index is 0.0545. The average Bonchev–Trinajstić information content (AvgIpc) is 2.76. The maximum atomic E-state index is 12.4. The Morgan fingerprint density at radius 1 is 0.900 bits per heavy atom. The van der Waals surface area contributed by atoms with Gasteiger partial charge in [0.25, 0.3) is 0 Å². The number of rotatable bonds is 6. The van der Waals surface area contributed by atoms with E-state index in [1.54, 1.807) is 31.4 Å². The van der Waals surface area contributed by atoms with Gasteiger partial charge in [0.15, 0.2) is 12.4 Å². The van der Waals surface area contributed by atoms with Gasteiger partial charge in [-0.3, -0.25) is 4.79 Å². The number of aliphatic carboxylic acids is 1. The molecule has 30 heavy (non-hydrogen) atoms. The molecule has 0 radical (unpaired) electrons. The maximum Gasteiger partial charge on any atom is 0.341 e. The standard InChI is InChI=1S/C16H16O2.C8H7ClO3/c1-11-12(2)15(18-3)10-9-14(11)16(17)13-7-5-4-6-8-13;9-6-1-3-7(4-2-6)12-5-8(10)11/h4-10H,1-3H3;1-4H,5H2,(H,10,11). The van der Waals surface area contributed by atoms with Crippen LogP contribution in [0.2, 0.25) is 5.02 Å². The fourth-order valence-electron chi connectivity index (χ4n) is 2.68. The number of carbonyl (C=O) groups excluding carboxylic acids is 1.